The first-order valence-corrected chi connectivity index (χ1v) is 9.67. The first kappa shape index (κ1) is 18.1. The Balaban J connectivity index is 1.59. The third-order valence-electron chi connectivity index (χ3n) is 5.28. The maximum absolute atomic E-state index is 13.2. The molecule has 30 heavy (non-hydrogen) atoms. The van der Waals surface area contributed by atoms with Crippen molar-refractivity contribution in [1.82, 2.24) is 5.32 Å². The Labute approximate surface area is 173 Å². The normalized spacial score (nSPS) is 13.2. The van der Waals surface area contributed by atoms with Crippen LogP contribution in [0.5, 0.6) is 17.2 Å². The van der Waals surface area contributed by atoms with Gasteiger partial charge >= 0.3 is 0 Å². The summed E-state index contributed by atoms with van der Waals surface area (Å²) in [6.45, 7) is 0.150. The van der Waals surface area contributed by atoms with Crippen LogP contribution < -0.4 is 14.8 Å². The number of carbonyl (C=O) groups excluding carboxylic acids is 1. The molecule has 148 valence electrons. The van der Waals surface area contributed by atoms with E-state index in [0.717, 1.165) is 16.3 Å². The van der Waals surface area contributed by atoms with Crippen molar-refractivity contribution < 1.29 is 19.4 Å². The second-order valence-electron chi connectivity index (χ2n) is 7.10. The first-order valence-electron chi connectivity index (χ1n) is 9.67. The van der Waals surface area contributed by atoms with E-state index in [1.54, 1.807) is 24.3 Å². The molecule has 5 rings (SSSR count). The monoisotopic (exact) mass is 397 g/mol. The van der Waals surface area contributed by atoms with E-state index in [9.17, 15) is 9.90 Å². The Morgan fingerprint density at radius 1 is 0.867 bits per heavy atom. The van der Waals surface area contributed by atoms with E-state index in [2.05, 4.69) is 5.32 Å². The summed E-state index contributed by atoms with van der Waals surface area (Å²) >= 11 is 0. The molecule has 0 saturated carbocycles. The number of nitrogens with one attached hydrogen (secondary N) is 1. The molecule has 1 unspecified atom stereocenters. The van der Waals surface area contributed by atoms with Crippen molar-refractivity contribution in [3.8, 4) is 17.2 Å². The van der Waals surface area contributed by atoms with Crippen LogP contribution in [0.15, 0.2) is 84.9 Å². The molecule has 4 aromatic carbocycles. The summed E-state index contributed by atoms with van der Waals surface area (Å²) in [5.74, 6) is 1.04. The van der Waals surface area contributed by atoms with Gasteiger partial charge in [-0.15, -0.1) is 0 Å². The average molecular weight is 397 g/mol. The van der Waals surface area contributed by atoms with Gasteiger partial charge in [0.2, 0.25) is 6.79 Å². The van der Waals surface area contributed by atoms with E-state index < -0.39 is 6.04 Å². The lowest BCUT2D eigenvalue weighted by Gasteiger charge is -2.23. The number of rotatable bonds is 4. The van der Waals surface area contributed by atoms with Crippen molar-refractivity contribution in [1.29, 1.82) is 0 Å². The number of fused-ring (bicyclic) bond motifs is 2. The van der Waals surface area contributed by atoms with Crippen molar-refractivity contribution in [3.05, 3.63) is 102 Å². The molecular formula is C25H19NO4. The van der Waals surface area contributed by atoms with Gasteiger partial charge in [-0.05, 0) is 40.6 Å². The number of aromatic hydroxyl groups is 1. The van der Waals surface area contributed by atoms with Gasteiger partial charge in [-0.25, -0.2) is 0 Å². The fourth-order valence-corrected chi connectivity index (χ4v) is 3.81. The Morgan fingerprint density at radius 2 is 1.63 bits per heavy atom. The number of hydrogen-bond acceptors (Lipinski definition) is 4. The van der Waals surface area contributed by atoms with E-state index >= 15 is 0 Å². The van der Waals surface area contributed by atoms with Crippen LogP contribution in [0.1, 0.15) is 27.5 Å². The topological polar surface area (TPSA) is 67.8 Å². The predicted octanol–water partition coefficient (Wildman–Crippen LogP) is 4.79. The largest absolute Gasteiger partial charge is 0.508 e. The Hall–Kier alpha value is -3.99. The quantitative estimate of drug-likeness (QED) is 0.519. The molecule has 1 aliphatic rings. The van der Waals surface area contributed by atoms with Gasteiger partial charge in [0.15, 0.2) is 11.5 Å². The summed E-state index contributed by atoms with van der Waals surface area (Å²) in [6.07, 6.45) is 0. The highest BCUT2D eigenvalue weighted by molar-refractivity contribution is 5.96. The lowest BCUT2D eigenvalue weighted by Crippen LogP contribution is -2.29. The summed E-state index contributed by atoms with van der Waals surface area (Å²) in [5, 5.41) is 15.7. The maximum atomic E-state index is 13.2. The van der Waals surface area contributed by atoms with Crippen molar-refractivity contribution in [2.75, 3.05) is 6.79 Å². The smallest absolute Gasteiger partial charge is 0.252 e. The standard InChI is InChI=1S/C25H19NO4/c27-20-12-10-16-6-4-5-9-19(16)23(20)24(17-7-2-1-3-8-17)26-25(28)18-11-13-21-22(14-18)30-15-29-21/h1-14,24,27H,15H2,(H,26,28). The zero-order chi connectivity index (χ0) is 20.5. The molecule has 5 heteroatoms. The molecule has 1 atom stereocenters. The highest BCUT2D eigenvalue weighted by Crippen LogP contribution is 2.37. The van der Waals surface area contributed by atoms with E-state index in [1.807, 2.05) is 60.7 Å². The van der Waals surface area contributed by atoms with Crippen molar-refractivity contribution in [2.24, 2.45) is 0 Å². The number of benzene rings is 4. The summed E-state index contributed by atoms with van der Waals surface area (Å²) in [6, 6.07) is 25.5. The minimum Gasteiger partial charge on any atom is -0.508 e. The summed E-state index contributed by atoms with van der Waals surface area (Å²) in [7, 11) is 0. The lowest BCUT2D eigenvalue weighted by atomic mass is 9.92. The fourth-order valence-electron chi connectivity index (χ4n) is 3.81. The highest BCUT2D eigenvalue weighted by atomic mass is 16.7. The van der Waals surface area contributed by atoms with Crippen molar-refractivity contribution >= 4 is 16.7 Å². The fraction of sp³-hybridized carbons (Fsp3) is 0.0800. The molecule has 1 aliphatic heterocycles. The van der Waals surface area contributed by atoms with Gasteiger partial charge in [-0.2, -0.15) is 0 Å². The third-order valence-corrected chi connectivity index (χ3v) is 5.28. The van der Waals surface area contributed by atoms with Crippen LogP contribution in [0.4, 0.5) is 0 Å². The molecule has 5 nitrogen and oxygen atoms in total. The maximum Gasteiger partial charge on any atom is 0.252 e. The van der Waals surface area contributed by atoms with Gasteiger partial charge in [0, 0.05) is 11.1 Å². The molecule has 4 aromatic rings. The van der Waals surface area contributed by atoms with Crippen LogP contribution in [0.3, 0.4) is 0 Å². The number of phenolic OH excluding ortho intramolecular Hbond substituents is 1. The molecule has 0 aromatic heterocycles. The molecule has 0 spiro atoms. The van der Waals surface area contributed by atoms with Crippen LogP contribution >= 0.6 is 0 Å². The van der Waals surface area contributed by atoms with Crippen LogP contribution in [0.25, 0.3) is 10.8 Å². The van der Waals surface area contributed by atoms with E-state index in [4.69, 9.17) is 9.47 Å². The van der Waals surface area contributed by atoms with Crippen LogP contribution in [0.2, 0.25) is 0 Å². The van der Waals surface area contributed by atoms with Gasteiger partial charge in [-0.1, -0.05) is 60.7 Å². The van der Waals surface area contributed by atoms with Crippen LogP contribution in [-0.4, -0.2) is 17.8 Å². The second-order valence-corrected chi connectivity index (χ2v) is 7.10. The third kappa shape index (κ3) is 3.20. The number of phenols is 1. The predicted molar refractivity (Wildman–Crippen MR) is 114 cm³/mol. The van der Waals surface area contributed by atoms with Gasteiger partial charge in [-0.3, -0.25) is 4.79 Å². The molecule has 0 bridgehead atoms. The minimum absolute atomic E-state index is 0.133. The Bertz CT molecular complexity index is 1240. The van der Waals surface area contributed by atoms with Gasteiger partial charge in [0.25, 0.3) is 5.91 Å². The van der Waals surface area contributed by atoms with Crippen molar-refractivity contribution in [2.45, 2.75) is 6.04 Å². The van der Waals surface area contributed by atoms with E-state index in [0.29, 0.717) is 22.6 Å². The lowest BCUT2D eigenvalue weighted by molar-refractivity contribution is 0.0942. The zero-order valence-corrected chi connectivity index (χ0v) is 16.0. The first-order chi connectivity index (χ1) is 14.7. The highest BCUT2D eigenvalue weighted by Gasteiger charge is 2.24. The minimum atomic E-state index is -0.532. The molecule has 0 saturated heterocycles. The van der Waals surface area contributed by atoms with Gasteiger partial charge < -0.3 is 19.9 Å². The molecule has 0 radical (unpaired) electrons. The molecule has 0 fully saturated rings. The summed E-state index contributed by atoms with van der Waals surface area (Å²) in [5.41, 5.74) is 1.99. The summed E-state index contributed by atoms with van der Waals surface area (Å²) < 4.78 is 10.7. The molecular weight excluding hydrogens is 378 g/mol. The van der Waals surface area contributed by atoms with E-state index in [-0.39, 0.29) is 18.4 Å². The van der Waals surface area contributed by atoms with Crippen LogP contribution in [-0.2, 0) is 0 Å². The number of amides is 1. The molecule has 0 aliphatic carbocycles. The SMILES string of the molecule is O=C(NC(c1ccccc1)c1c(O)ccc2ccccc12)c1ccc2c(c1)OCO2. The zero-order valence-electron chi connectivity index (χ0n) is 16.0. The molecule has 1 heterocycles. The molecule has 2 N–H and O–H groups in total. The van der Waals surface area contributed by atoms with Crippen molar-refractivity contribution in [3.63, 3.8) is 0 Å². The Morgan fingerprint density at radius 3 is 2.50 bits per heavy atom. The second kappa shape index (κ2) is 7.44. The Kier molecular flexibility index (Phi) is 4.48. The number of ether oxygens (including phenoxy) is 2. The van der Waals surface area contributed by atoms with Crippen LogP contribution in [0, 0.1) is 0 Å². The van der Waals surface area contributed by atoms with Gasteiger partial charge in [0.1, 0.15) is 5.75 Å². The number of carbonyl (C=O) groups is 1. The van der Waals surface area contributed by atoms with E-state index in [1.165, 1.54) is 0 Å². The number of hydrogen-bond donors (Lipinski definition) is 2. The molecule has 1 amide bonds. The summed E-state index contributed by atoms with van der Waals surface area (Å²) in [4.78, 5) is 13.2. The average Bonchev–Trinajstić information content (AvgIpc) is 3.26. The van der Waals surface area contributed by atoms with Gasteiger partial charge in [0.05, 0.1) is 6.04 Å².